The minimum Gasteiger partial charge on any atom is -0.354 e. The van der Waals surface area contributed by atoms with E-state index in [2.05, 4.69) is 10.3 Å². The number of benzene rings is 2. The van der Waals surface area contributed by atoms with E-state index in [9.17, 15) is 39.2 Å². The Balaban J connectivity index is 2.02. The Bertz CT molecular complexity index is 1440. The summed E-state index contributed by atoms with van der Waals surface area (Å²) in [6.07, 6.45) is -6.50. The number of hydrogen-bond acceptors (Lipinski definition) is 7. The van der Waals surface area contributed by atoms with Gasteiger partial charge < -0.3 is 5.32 Å². The minimum atomic E-state index is -4.80. The zero-order valence-corrected chi connectivity index (χ0v) is 20.2. The van der Waals surface area contributed by atoms with Crippen molar-refractivity contribution in [1.82, 2.24) is 10.3 Å². The molecule has 1 atom stereocenters. The van der Waals surface area contributed by atoms with E-state index in [1.165, 1.54) is 6.07 Å². The van der Waals surface area contributed by atoms with Gasteiger partial charge in [0.25, 0.3) is 0 Å². The average Bonchev–Trinajstić information content (AvgIpc) is 3.12. The number of sulfonamides is 1. The van der Waals surface area contributed by atoms with Crippen LogP contribution < -0.4 is 10.5 Å². The maximum absolute atomic E-state index is 14.7. The fourth-order valence-corrected chi connectivity index (χ4v) is 6.59. The van der Waals surface area contributed by atoms with Crippen molar-refractivity contribution in [1.29, 1.82) is 0 Å². The number of nitrogens with zero attached hydrogens (tertiary/aromatic N) is 1. The lowest BCUT2D eigenvalue weighted by Gasteiger charge is -2.16. The molecule has 0 spiro atoms. The number of alkyl halides is 3. The second-order valence-electron chi connectivity index (χ2n) is 7.49. The molecule has 0 saturated carbocycles. The summed E-state index contributed by atoms with van der Waals surface area (Å²) in [6.45, 7) is -0.569. The van der Waals surface area contributed by atoms with E-state index in [4.69, 9.17) is 5.14 Å². The summed E-state index contributed by atoms with van der Waals surface area (Å²) in [7, 11) is -8.75. The van der Waals surface area contributed by atoms with Crippen molar-refractivity contribution in [3.05, 3.63) is 53.3 Å². The predicted octanol–water partition coefficient (Wildman–Crippen LogP) is 2.92. The van der Waals surface area contributed by atoms with Crippen molar-refractivity contribution in [2.45, 2.75) is 17.8 Å². The van der Waals surface area contributed by atoms with Crippen molar-refractivity contribution in [3.63, 3.8) is 0 Å². The Morgan fingerprint density at radius 1 is 1.09 bits per heavy atom. The first-order valence-corrected chi connectivity index (χ1v) is 14.1. The number of thiazole rings is 1. The number of nitrogens with one attached hydrogen (secondary N) is 1. The van der Waals surface area contributed by atoms with Gasteiger partial charge in [-0.2, -0.15) is 13.2 Å². The fraction of sp³-hybridized carbons (Fsp3) is 0.300. The summed E-state index contributed by atoms with van der Waals surface area (Å²) >= 11 is 0.709. The van der Waals surface area contributed by atoms with Gasteiger partial charge in [0.15, 0.2) is 15.1 Å². The second kappa shape index (κ2) is 10.2. The third-order valence-electron chi connectivity index (χ3n) is 4.76. The molecule has 1 amide bonds. The van der Waals surface area contributed by atoms with Crippen LogP contribution in [-0.4, -0.2) is 52.0 Å². The maximum atomic E-state index is 14.7. The molecule has 3 N–H and O–H groups in total. The van der Waals surface area contributed by atoms with Crippen molar-refractivity contribution in [2.75, 3.05) is 18.1 Å². The number of halogens is 4. The van der Waals surface area contributed by atoms with Crippen LogP contribution in [0, 0.1) is 5.82 Å². The molecule has 0 saturated heterocycles. The zero-order valence-electron chi connectivity index (χ0n) is 17.7. The molecule has 3 aromatic rings. The highest BCUT2D eigenvalue weighted by Gasteiger charge is 2.40. The Morgan fingerprint density at radius 3 is 2.34 bits per heavy atom. The SMILES string of the molecule is NS(=O)(=O)CCNC(=O)C(c1nc2cc(F)c(-c3ccccc3)cc2s1)S(=O)(=O)CCC(F)(F)F. The Labute approximate surface area is 202 Å². The molecule has 0 aliphatic rings. The number of carbonyl (C=O) groups excluding carboxylic acids is 1. The molecule has 8 nitrogen and oxygen atoms in total. The number of nitrogens with two attached hydrogens (primary N) is 1. The van der Waals surface area contributed by atoms with Crippen molar-refractivity contribution in [3.8, 4) is 11.1 Å². The van der Waals surface area contributed by atoms with Gasteiger partial charge in [-0.25, -0.2) is 31.3 Å². The highest BCUT2D eigenvalue weighted by Crippen LogP contribution is 2.36. The number of sulfone groups is 1. The standard InChI is InChI=1S/C20H19F4N3O5S3/c21-14-11-15-16(10-13(14)12-4-2-1-3-5-12)33-19(27-15)17(18(28)26-7-9-35(25,31)32)34(29,30)8-6-20(22,23)24/h1-5,10-11,17H,6-9H2,(H,26,28)(H2,25,31,32). The lowest BCUT2D eigenvalue weighted by molar-refractivity contribution is -0.130. The van der Waals surface area contributed by atoms with Gasteiger partial charge in [-0.1, -0.05) is 30.3 Å². The van der Waals surface area contributed by atoms with Crippen LogP contribution in [0.3, 0.4) is 0 Å². The van der Waals surface area contributed by atoms with E-state index >= 15 is 0 Å². The van der Waals surface area contributed by atoms with E-state index in [1.807, 2.05) is 0 Å². The van der Waals surface area contributed by atoms with E-state index in [0.717, 1.165) is 6.07 Å². The van der Waals surface area contributed by atoms with E-state index in [-0.39, 0.29) is 16.1 Å². The van der Waals surface area contributed by atoms with Crippen molar-refractivity contribution >= 4 is 47.3 Å². The van der Waals surface area contributed by atoms with Crippen LogP contribution in [0.15, 0.2) is 42.5 Å². The van der Waals surface area contributed by atoms with Gasteiger partial charge in [-0.3, -0.25) is 4.79 Å². The molecule has 35 heavy (non-hydrogen) atoms. The second-order valence-corrected chi connectivity index (χ2v) is 12.5. The number of hydrogen-bond donors (Lipinski definition) is 2. The van der Waals surface area contributed by atoms with Crippen LogP contribution in [0.2, 0.25) is 0 Å². The lowest BCUT2D eigenvalue weighted by Crippen LogP contribution is -2.38. The summed E-state index contributed by atoms with van der Waals surface area (Å²) < 4.78 is 101. The van der Waals surface area contributed by atoms with Crippen LogP contribution in [0.25, 0.3) is 21.3 Å². The smallest absolute Gasteiger partial charge is 0.354 e. The molecule has 0 bridgehead atoms. The largest absolute Gasteiger partial charge is 0.390 e. The monoisotopic (exact) mass is 553 g/mol. The van der Waals surface area contributed by atoms with Crippen LogP contribution in [0.1, 0.15) is 16.7 Å². The third-order valence-corrected chi connectivity index (χ3v) is 8.69. The number of primary sulfonamides is 1. The number of carbonyl (C=O) groups is 1. The third kappa shape index (κ3) is 7.19. The maximum Gasteiger partial charge on any atom is 0.390 e. The van der Waals surface area contributed by atoms with Gasteiger partial charge in [0, 0.05) is 18.2 Å². The molecule has 1 unspecified atom stereocenters. The fourth-order valence-electron chi connectivity index (χ4n) is 3.13. The summed E-state index contributed by atoms with van der Waals surface area (Å²) in [5.41, 5.74) is 0.717. The summed E-state index contributed by atoms with van der Waals surface area (Å²) in [6, 6.07) is 10.8. The molecule has 1 aromatic heterocycles. The van der Waals surface area contributed by atoms with Crippen LogP contribution in [-0.2, 0) is 24.7 Å². The average molecular weight is 554 g/mol. The van der Waals surface area contributed by atoms with Gasteiger partial charge in [-0.15, -0.1) is 11.3 Å². The van der Waals surface area contributed by atoms with Crippen LogP contribution in [0.4, 0.5) is 17.6 Å². The molecule has 190 valence electrons. The van der Waals surface area contributed by atoms with E-state index in [1.54, 1.807) is 30.3 Å². The topological polar surface area (TPSA) is 136 Å². The summed E-state index contributed by atoms with van der Waals surface area (Å²) in [5.74, 6) is -4.06. The Hall–Kier alpha value is -2.62. The molecule has 0 radical (unpaired) electrons. The molecule has 2 aromatic carbocycles. The van der Waals surface area contributed by atoms with Crippen molar-refractivity contribution < 1.29 is 39.2 Å². The van der Waals surface area contributed by atoms with Gasteiger partial charge in [0.05, 0.1) is 28.1 Å². The van der Waals surface area contributed by atoms with E-state index < -0.39 is 67.5 Å². The number of rotatable bonds is 9. The molecular formula is C20H19F4N3O5S3. The Morgan fingerprint density at radius 2 is 1.74 bits per heavy atom. The molecular weight excluding hydrogens is 534 g/mol. The normalized spacial score (nSPS) is 13.6. The number of fused-ring (bicyclic) bond motifs is 1. The quantitative estimate of drug-likeness (QED) is 0.391. The molecule has 3 rings (SSSR count). The molecule has 0 fully saturated rings. The first-order chi connectivity index (χ1) is 16.2. The number of aromatic nitrogens is 1. The number of amides is 1. The predicted molar refractivity (Wildman–Crippen MR) is 123 cm³/mol. The van der Waals surface area contributed by atoms with Gasteiger partial charge >= 0.3 is 6.18 Å². The van der Waals surface area contributed by atoms with Gasteiger partial charge in [0.1, 0.15) is 10.8 Å². The molecule has 0 aliphatic heterocycles. The zero-order chi connectivity index (χ0) is 26.0. The Kier molecular flexibility index (Phi) is 7.83. The minimum absolute atomic E-state index is 0.00976. The lowest BCUT2D eigenvalue weighted by atomic mass is 10.1. The first kappa shape index (κ1) is 27.0. The van der Waals surface area contributed by atoms with Gasteiger partial charge in [0.2, 0.25) is 15.9 Å². The van der Waals surface area contributed by atoms with Crippen LogP contribution >= 0.6 is 11.3 Å². The summed E-state index contributed by atoms with van der Waals surface area (Å²) in [5, 5.41) is 4.38. The summed E-state index contributed by atoms with van der Waals surface area (Å²) in [4.78, 5) is 16.7. The van der Waals surface area contributed by atoms with Crippen LogP contribution in [0.5, 0.6) is 0 Å². The molecule has 0 aliphatic carbocycles. The molecule has 15 heteroatoms. The highest BCUT2D eigenvalue weighted by molar-refractivity contribution is 7.92. The highest BCUT2D eigenvalue weighted by atomic mass is 32.2. The van der Waals surface area contributed by atoms with E-state index in [0.29, 0.717) is 21.6 Å². The first-order valence-electron chi connectivity index (χ1n) is 9.88. The molecule has 1 heterocycles. The van der Waals surface area contributed by atoms with Crippen molar-refractivity contribution in [2.24, 2.45) is 5.14 Å². The van der Waals surface area contributed by atoms with Gasteiger partial charge in [-0.05, 0) is 11.6 Å².